The second-order valence-electron chi connectivity index (χ2n) is 19.5. The van der Waals surface area contributed by atoms with Crippen LogP contribution in [0.1, 0.15) is 226 Å². The van der Waals surface area contributed by atoms with Crippen LogP contribution >= 0.6 is 0 Å². The summed E-state index contributed by atoms with van der Waals surface area (Å²) in [6.45, 7) is 6.24. The first kappa shape index (κ1) is 73.2. The molecule has 0 aromatic rings. The van der Waals surface area contributed by atoms with Crippen molar-refractivity contribution in [2.75, 3.05) is 13.2 Å². The lowest BCUT2D eigenvalue weighted by Gasteiger charge is -2.18. The zero-order chi connectivity index (χ0) is 57.1. The predicted molar refractivity (Wildman–Crippen MR) is 343 cm³/mol. The van der Waals surface area contributed by atoms with Gasteiger partial charge in [0.15, 0.2) is 6.10 Å². The van der Waals surface area contributed by atoms with Crippen LogP contribution in [-0.2, 0) is 28.6 Å². The molecule has 1 unspecified atom stereocenters. The molecule has 0 N–H and O–H groups in total. The van der Waals surface area contributed by atoms with Gasteiger partial charge in [-0.25, -0.2) is 0 Å². The first-order valence-electron chi connectivity index (χ1n) is 30.9. The molecule has 0 aromatic heterocycles. The van der Waals surface area contributed by atoms with Crippen LogP contribution in [0.4, 0.5) is 0 Å². The minimum Gasteiger partial charge on any atom is -0.462 e. The second-order valence-corrected chi connectivity index (χ2v) is 19.5. The molecule has 0 saturated heterocycles. The first-order chi connectivity index (χ1) is 39.0. The molecule has 0 aliphatic heterocycles. The van der Waals surface area contributed by atoms with Crippen LogP contribution in [0.2, 0.25) is 0 Å². The fourth-order valence-corrected chi connectivity index (χ4v) is 7.51. The van der Waals surface area contributed by atoms with Gasteiger partial charge in [0.25, 0.3) is 0 Å². The molecule has 79 heavy (non-hydrogen) atoms. The van der Waals surface area contributed by atoms with E-state index in [4.69, 9.17) is 14.2 Å². The molecule has 0 spiro atoms. The summed E-state index contributed by atoms with van der Waals surface area (Å²) in [6.07, 6.45) is 98.8. The molecule has 6 nitrogen and oxygen atoms in total. The van der Waals surface area contributed by atoms with E-state index in [9.17, 15) is 14.4 Å². The van der Waals surface area contributed by atoms with Crippen LogP contribution in [0, 0.1) is 0 Å². The highest BCUT2D eigenvalue weighted by Gasteiger charge is 2.19. The Hall–Kier alpha value is -5.75. The van der Waals surface area contributed by atoms with Crippen molar-refractivity contribution in [3.63, 3.8) is 0 Å². The molecule has 0 bridgehead atoms. The molecule has 6 heteroatoms. The fraction of sp³-hybridized carbons (Fsp3) is 0.521. The number of esters is 3. The van der Waals surface area contributed by atoms with Crippen molar-refractivity contribution in [3.05, 3.63) is 194 Å². The quantitative estimate of drug-likeness (QED) is 0.0261. The Balaban J connectivity index is 4.46. The van der Waals surface area contributed by atoms with Gasteiger partial charge in [0, 0.05) is 19.3 Å². The van der Waals surface area contributed by atoms with Crippen LogP contribution in [0.15, 0.2) is 194 Å². The topological polar surface area (TPSA) is 78.9 Å². The van der Waals surface area contributed by atoms with Gasteiger partial charge in [0.1, 0.15) is 13.2 Å². The van der Waals surface area contributed by atoms with Crippen LogP contribution in [0.25, 0.3) is 0 Å². The van der Waals surface area contributed by atoms with Crippen molar-refractivity contribution in [3.8, 4) is 0 Å². The van der Waals surface area contributed by atoms with Gasteiger partial charge in [-0.1, -0.05) is 247 Å². The Morgan fingerprint density at radius 2 is 0.519 bits per heavy atom. The van der Waals surface area contributed by atoms with Crippen molar-refractivity contribution >= 4 is 17.9 Å². The third kappa shape index (κ3) is 63.0. The lowest BCUT2D eigenvalue weighted by atomic mass is 10.1. The molecule has 0 rings (SSSR count). The van der Waals surface area contributed by atoms with Crippen molar-refractivity contribution in [2.24, 2.45) is 0 Å². The SMILES string of the molecule is CC/C=C\C/C=C\C/C=C\C/C=C\C/C=C\C/C=C\C/C=C\C/C=C\C/C=C\C/C=C\CCCCC(=O)OCC(COC(=O)CC/C=C\C/C=C\C/C=C\C/C=C\CC)OC(=O)CCCCCCC/C=C\C/C=C\CCCCC. The van der Waals surface area contributed by atoms with Crippen molar-refractivity contribution < 1.29 is 28.6 Å². The molecule has 0 radical (unpaired) electrons. The maximum atomic E-state index is 12.8. The molecule has 0 amide bonds. The number of hydrogen-bond acceptors (Lipinski definition) is 6. The average Bonchev–Trinajstić information content (AvgIpc) is 3.45. The maximum Gasteiger partial charge on any atom is 0.306 e. The number of rotatable bonds is 53. The van der Waals surface area contributed by atoms with E-state index in [0.717, 1.165) is 148 Å². The molecule has 0 saturated carbocycles. The van der Waals surface area contributed by atoms with Gasteiger partial charge in [0.2, 0.25) is 0 Å². The Morgan fingerprint density at radius 3 is 0.873 bits per heavy atom. The van der Waals surface area contributed by atoms with E-state index in [1.54, 1.807) is 0 Å². The number of carbonyl (C=O) groups is 3. The molecule has 1 atom stereocenters. The highest BCUT2D eigenvalue weighted by molar-refractivity contribution is 5.71. The highest BCUT2D eigenvalue weighted by Crippen LogP contribution is 2.12. The predicted octanol–water partition coefficient (Wildman–Crippen LogP) is 21.4. The number of unbranched alkanes of at least 4 members (excludes halogenated alkanes) is 10. The summed E-state index contributed by atoms with van der Waals surface area (Å²) in [4.78, 5) is 38.1. The van der Waals surface area contributed by atoms with Crippen LogP contribution in [-0.4, -0.2) is 37.2 Å². The van der Waals surface area contributed by atoms with Gasteiger partial charge in [-0.05, 0) is 154 Å². The minimum atomic E-state index is -0.844. The summed E-state index contributed by atoms with van der Waals surface area (Å²) in [5.74, 6) is -1.09. The van der Waals surface area contributed by atoms with Gasteiger partial charge in [-0.15, -0.1) is 0 Å². The summed E-state index contributed by atoms with van der Waals surface area (Å²) in [5.41, 5.74) is 0. The van der Waals surface area contributed by atoms with Crippen LogP contribution < -0.4 is 0 Å². The zero-order valence-electron chi connectivity index (χ0n) is 50.0. The third-order valence-electron chi connectivity index (χ3n) is 12.1. The summed E-state index contributed by atoms with van der Waals surface area (Å²) in [7, 11) is 0. The van der Waals surface area contributed by atoms with Gasteiger partial charge in [-0.2, -0.15) is 0 Å². The van der Waals surface area contributed by atoms with E-state index in [2.05, 4.69) is 203 Å². The molecule has 438 valence electrons. The lowest BCUT2D eigenvalue weighted by molar-refractivity contribution is -0.166. The molecule has 0 heterocycles. The summed E-state index contributed by atoms with van der Waals surface area (Å²) in [6, 6.07) is 0. The molecule has 0 aromatic carbocycles. The Kier molecular flexibility index (Phi) is 60.1. The number of carbonyl (C=O) groups excluding carboxylic acids is 3. The van der Waals surface area contributed by atoms with Crippen LogP contribution in [0.5, 0.6) is 0 Å². The largest absolute Gasteiger partial charge is 0.462 e. The summed E-state index contributed by atoms with van der Waals surface area (Å²) >= 11 is 0. The number of ether oxygens (including phenoxy) is 3. The third-order valence-corrected chi connectivity index (χ3v) is 12.1. The van der Waals surface area contributed by atoms with Crippen molar-refractivity contribution in [1.82, 2.24) is 0 Å². The van der Waals surface area contributed by atoms with E-state index in [-0.39, 0.29) is 50.4 Å². The first-order valence-corrected chi connectivity index (χ1v) is 30.9. The maximum absolute atomic E-state index is 12.8. The van der Waals surface area contributed by atoms with E-state index >= 15 is 0 Å². The second kappa shape index (κ2) is 64.8. The Labute approximate surface area is 484 Å². The van der Waals surface area contributed by atoms with E-state index in [1.165, 1.54) is 25.7 Å². The molecular weight excluding hydrogens is 973 g/mol. The van der Waals surface area contributed by atoms with E-state index in [0.29, 0.717) is 12.8 Å². The smallest absolute Gasteiger partial charge is 0.306 e. The van der Waals surface area contributed by atoms with Gasteiger partial charge in [-0.3, -0.25) is 14.4 Å². The molecule has 0 aliphatic carbocycles. The lowest BCUT2D eigenvalue weighted by Crippen LogP contribution is -2.30. The average molecular weight is 1080 g/mol. The normalized spacial score (nSPS) is 13.5. The molecule has 0 fully saturated rings. The van der Waals surface area contributed by atoms with Gasteiger partial charge < -0.3 is 14.2 Å². The summed E-state index contributed by atoms with van der Waals surface area (Å²) in [5, 5.41) is 0. The Morgan fingerprint density at radius 1 is 0.266 bits per heavy atom. The molecular formula is C73H110O6. The minimum absolute atomic E-state index is 0.139. The number of allylic oxidation sites excluding steroid dienone is 32. The van der Waals surface area contributed by atoms with E-state index < -0.39 is 6.10 Å². The van der Waals surface area contributed by atoms with Gasteiger partial charge >= 0.3 is 17.9 Å². The molecule has 0 aliphatic rings. The van der Waals surface area contributed by atoms with Crippen LogP contribution in [0.3, 0.4) is 0 Å². The Bertz CT molecular complexity index is 1920. The monoisotopic (exact) mass is 1080 g/mol. The van der Waals surface area contributed by atoms with Gasteiger partial charge in [0.05, 0.1) is 0 Å². The zero-order valence-corrected chi connectivity index (χ0v) is 50.0. The number of hydrogen-bond donors (Lipinski definition) is 0. The summed E-state index contributed by atoms with van der Waals surface area (Å²) < 4.78 is 16.7. The van der Waals surface area contributed by atoms with Crippen molar-refractivity contribution in [2.45, 2.75) is 232 Å². The fourth-order valence-electron chi connectivity index (χ4n) is 7.51. The standard InChI is InChI=1S/C73H110O6/c1-4-7-10-13-16-19-22-25-27-28-29-30-31-32-33-34-35-36-37-38-39-40-41-42-43-44-46-48-51-54-57-60-63-66-72(75)78-69-70(68-77-71(74)65-62-59-56-53-50-47-24-21-18-15-12-9-6-3)79-73(76)67-64-61-58-55-52-49-45-26-23-20-17-14-11-8-5-2/h7,9-10,12,16-21,25-27,29-30,32-33,35-36,38-39,41-42,44-47,50-51,54,56,59,70H,4-6,8,11,13-15,22-24,28,31,34,37,40,43,48-49,52-53,55,57-58,60-69H2,1-3H3/b10-7-,12-9-,19-16-,20-17-,21-18-,27-25-,30-29-,33-32-,36-35-,39-38-,42-41-,45-26-,46-44-,50-47-,54-51-,59-56-. The highest BCUT2D eigenvalue weighted by atomic mass is 16.6. The van der Waals surface area contributed by atoms with E-state index in [1.807, 2.05) is 12.2 Å². The van der Waals surface area contributed by atoms with Crippen molar-refractivity contribution in [1.29, 1.82) is 0 Å².